The molecule has 1 unspecified atom stereocenters. The Hall–Kier alpha value is -1.53. The van der Waals surface area contributed by atoms with Crippen LogP contribution in [0.5, 0.6) is 0 Å². The highest BCUT2D eigenvalue weighted by Crippen LogP contribution is 2.37. The Labute approximate surface area is 173 Å². The summed E-state index contributed by atoms with van der Waals surface area (Å²) in [6, 6.07) is 21.0. The maximum absolute atomic E-state index is 11.4. The van der Waals surface area contributed by atoms with Crippen molar-refractivity contribution in [1.29, 1.82) is 0 Å². The van der Waals surface area contributed by atoms with E-state index >= 15 is 0 Å². The van der Waals surface area contributed by atoms with E-state index in [9.17, 15) is 8.76 Å². The van der Waals surface area contributed by atoms with E-state index in [4.69, 9.17) is 4.43 Å². The fourth-order valence-electron chi connectivity index (χ4n) is 3.73. The lowest BCUT2D eigenvalue weighted by Gasteiger charge is -2.43. The van der Waals surface area contributed by atoms with Crippen molar-refractivity contribution in [2.75, 3.05) is 6.61 Å². The van der Waals surface area contributed by atoms with Crippen molar-refractivity contribution in [3.05, 3.63) is 73.3 Å². The molecule has 0 heterocycles. The topological polar surface area (TPSA) is 46.5 Å². The molecule has 28 heavy (non-hydrogen) atoms. The third kappa shape index (κ3) is 5.09. The first-order valence-corrected chi connectivity index (χ1v) is 12.8. The van der Waals surface area contributed by atoms with E-state index in [0.29, 0.717) is 13.0 Å². The second-order valence-electron chi connectivity index (χ2n) is 8.29. The highest BCUT2D eigenvalue weighted by Gasteiger charge is 2.50. The van der Waals surface area contributed by atoms with Crippen LogP contribution in [0.15, 0.2) is 73.3 Å². The molecular weight excluding hydrogens is 384 g/mol. The molecule has 5 heteroatoms. The van der Waals surface area contributed by atoms with Crippen molar-refractivity contribution in [3.63, 3.8) is 0 Å². The molecule has 152 valence electrons. The lowest BCUT2D eigenvalue weighted by Crippen LogP contribution is -2.66. The molecule has 1 N–H and O–H groups in total. The van der Waals surface area contributed by atoms with Gasteiger partial charge < -0.3 is 8.98 Å². The highest BCUT2D eigenvalue weighted by atomic mass is 32.2. The second-order valence-corrected chi connectivity index (χ2v) is 14.0. The van der Waals surface area contributed by atoms with E-state index < -0.39 is 19.4 Å². The highest BCUT2D eigenvalue weighted by molar-refractivity contribution is 7.79. The molecular formula is C23H32O3SSi. The van der Waals surface area contributed by atoms with Crippen LogP contribution in [0.25, 0.3) is 0 Å². The Bertz CT molecular complexity index is 732. The Morgan fingerprint density at radius 2 is 1.54 bits per heavy atom. The molecule has 0 aromatic heterocycles. The molecule has 0 spiro atoms. The predicted octanol–water partition coefficient (Wildman–Crippen LogP) is 4.37. The van der Waals surface area contributed by atoms with Gasteiger partial charge in [0.25, 0.3) is 8.32 Å². The van der Waals surface area contributed by atoms with Gasteiger partial charge in [0.15, 0.2) is 11.1 Å². The Balaban J connectivity index is 2.47. The average Bonchev–Trinajstić information content (AvgIpc) is 2.67. The van der Waals surface area contributed by atoms with Crippen LogP contribution >= 0.6 is 0 Å². The molecule has 0 radical (unpaired) electrons. The van der Waals surface area contributed by atoms with Crippen LogP contribution in [-0.4, -0.2) is 28.9 Å². The Morgan fingerprint density at radius 3 is 1.89 bits per heavy atom. The van der Waals surface area contributed by atoms with Gasteiger partial charge in [-0.3, -0.25) is 0 Å². The Kier molecular flexibility index (Phi) is 7.95. The SMILES string of the molecule is C=C[C@H](CO[Si](c1ccccc1)(c1ccccc1)C(C)(C)C)C[C@H](C)S(=O)O. The molecule has 0 aliphatic heterocycles. The van der Waals surface area contributed by atoms with Crippen molar-refractivity contribution >= 4 is 29.8 Å². The number of rotatable bonds is 9. The van der Waals surface area contributed by atoms with E-state index in [1.165, 1.54) is 10.4 Å². The fourth-order valence-corrected chi connectivity index (χ4v) is 8.77. The fraction of sp³-hybridized carbons (Fsp3) is 0.391. The van der Waals surface area contributed by atoms with Crippen molar-refractivity contribution in [2.45, 2.75) is 44.4 Å². The maximum Gasteiger partial charge on any atom is 0.261 e. The number of hydrogen-bond acceptors (Lipinski definition) is 2. The lowest BCUT2D eigenvalue weighted by atomic mass is 10.1. The van der Waals surface area contributed by atoms with Gasteiger partial charge in [-0.2, -0.15) is 0 Å². The van der Waals surface area contributed by atoms with Crippen LogP contribution in [0.3, 0.4) is 0 Å². The predicted molar refractivity (Wildman–Crippen MR) is 122 cm³/mol. The summed E-state index contributed by atoms with van der Waals surface area (Å²) in [6.07, 6.45) is 2.42. The smallest absolute Gasteiger partial charge is 0.261 e. The van der Waals surface area contributed by atoms with Gasteiger partial charge in [0.05, 0.1) is 5.25 Å². The van der Waals surface area contributed by atoms with Crippen LogP contribution in [-0.2, 0) is 15.5 Å². The minimum absolute atomic E-state index is 0.0211. The van der Waals surface area contributed by atoms with Crippen LogP contribution < -0.4 is 10.4 Å². The van der Waals surface area contributed by atoms with Gasteiger partial charge in [0, 0.05) is 6.61 Å². The van der Waals surface area contributed by atoms with Gasteiger partial charge in [-0.1, -0.05) is 87.5 Å². The largest absolute Gasteiger partial charge is 0.407 e. The summed E-state index contributed by atoms with van der Waals surface area (Å²) in [5, 5.41) is 2.06. The van der Waals surface area contributed by atoms with Gasteiger partial charge in [-0.05, 0) is 34.7 Å². The summed E-state index contributed by atoms with van der Waals surface area (Å²) < 4.78 is 27.7. The second kappa shape index (κ2) is 9.79. The van der Waals surface area contributed by atoms with Crippen LogP contribution in [0.1, 0.15) is 34.1 Å². The molecule has 0 amide bonds. The third-order valence-electron chi connectivity index (χ3n) is 5.24. The summed E-state index contributed by atoms with van der Waals surface area (Å²) in [6.45, 7) is 12.9. The molecule has 0 aliphatic rings. The summed E-state index contributed by atoms with van der Waals surface area (Å²) in [5.41, 5.74) is 0. The molecule has 0 saturated heterocycles. The van der Waals surface area contributed by atoms with Crippen molar-refractivity contribution in [3.8, 4) is 0 Å². The number of hydrogen-bond donors (Lipinski definition) is 1. The molecule has 2 aromatic carbocycles. The van der Waals surface area contributed by atoms with E-state index in [1.54, 1.807) is 6.92 Å². The van der Waals surface area contributed by atoms with Crippen molar-refractivity contribution in [2.24, 2.45) is 5.92 Å². The monoisotopic (exact) mass is 416 g/mol. The lowest BCUT2D eigenvalue weighted by molar-refractivity contribution is 0.252. The van der Waals surface area contributed by atoms with Crippen LogP contribution in [0.4, 0.5) is 0 Å². The quantitative estimate of drug-likeness (QED) is 0.375. The first-order valence-electron chi connectivity index (χ1n) is 9.69. The van der Waals surface area contributed by atoms with Gasteiger partial charge in [-0.15, -0.1) is 6.58 Å². The zero-order chi connectivity index (χ0) is 20.8. The summed E-state index contributed by atoms with van der Waals surface area (Å²) in [4.78, 5) is 0. The molecule has 0 aliphatic carbocycles. The first-order chi connectivity index (χ1) is 13.2. The van der Waals surface area contributed by atoms with E-state index in [0.717, 1.165) is 0 Å². The molecule has 3 nitrogen and oxygen atoms in total. The maximum atomic E-state index is 11.4. The number of benzene rings is 2. The van der Waals surface area contributed by atoms with Gasteiger partial charge in [-0.25, -0.2) is 4.21 Å². The van der Waals surface area contributed by atoms with Gasteiger partial charge in [0.2, 0.25) is 0 Å². The summed E-state index contributed by atoms with van der Waals surface area (Å²) in [7, 11) is -2.59. The molecule has 2 rings (SSSR count). The zero-order valence-corrected chi connectivity index (χ0v) is 19.1. The van der Waals surface area contributed by atoms with E-state index in [2.05, 4.69) is 75.9 Å². The Morgan fingerprint density at radius 1 is 1.07 bits per heavy atom. The van der Waals surface area contributed by atoms with Crippen LogP contribution in [0.2, 0.25) is 5.04 Å². The molecule has 0 fully saturated rings. The average molecular weight is 417 g/mol. The van der Waals surface area contributed by atoms with Crippen molar-refractivity contribution in [1.82, 2.24) is 0 Å². The van der Waals surface area contributed by atoms with E-state index in [-0.39, 0.29) is 16.2 Å². The standard InChI is InChI=1S/C23H32O3SSi/c1-6-20(17-19(2)27(24)25)18-26-28(23(3,4)5,21-13-9-7-10-14-21)22-15-11-8-12-16-22/h6-16,19-20H,1,17-18H2,2-5H3,(H,24,25)/t19-,20-/m0/s1. The zero-order valence-electron chi connectivity index (χ0n) is 17.3. The molecule has 0 saturated carbocycles. The molecule has 3 atom stereocenters. The molecule has 2 aromatic rings. The summed E-state index contributed by atoms with van der Waals surface area (Å²) >= 11 is -1.84. The van der Waals surface area contributed by atoms with Crippen LogP contribution in [0, 0.1) is 5.92 Å². The van der Waals surface area contributed by atoms with E-state index in [1.807, 2.05) is 18.2 Å². The minimum atomic E-state index is -2.59. The third-order valence-corrected chi connectivity index (χ3v) is 11.1. The minimum Gasteiger partial charge on any atom is -0.407 e. The first kappa shape index (κ1) is 22.8. The normalized spacial score (nSPS) is 15.6. The van der Waals surface area contributed by atoms with Gasteiger partial charge in [0.1, 0.15) is 0 Å². The van der Waals surface area contributed by atoms with Crippen molar-refractivity contribution < 1.29 is 13.2 Å². The van der Waals surface area contributed by atoms with Gasteiger partial charge >= 0.3 is 0 Å². The molecule has 0 bridgehead atoms. The summed E-state index contributed by atoms with van der Waals surface area (Å²) in [5.74, 6) is 0.0211.